The minimum Gasteiger partial charge on any atom is -0.394 e. The van der Waals surface area contributed by atoms with Crippen LogP contribution in [0, 0.1) is 0 Å². The zero-order valence-corrected chi connectivity index (χ0v) is 65.7. The van der Waals surface area contributed by atoms with Gasteiger partial charge in [0.1, 0.15) is 16.6 Å². The zero-order chi connectivity index (χ0) is 71.6. The van der Waals surface area contributed by atoms with E-state index in [0.29, 0.717) is 32.2 Å². The van der Waals surface area contributed by atoms with Gasteiger partial charge in [-0.2, -0.15) is 0 Å². The van der Waals surface area contributed by atoms with Crippen molar-refractivity contribution in [3.63, 3.8) is 0 Å². The van der Waals surface area contributed by atoms with E-state index in [0.717, 1.165) is 101 Å². The van der Waals surface area contributed by atoms with Crippen LogP contribution in [0.4, 0.5) is 0 Å². The van der Waals surface area contributed by atoms with Gasteiger partial charge in [-0.15, -0.1) is 0 Å². The normalized spacial score (nSPS) is 12.5. The molecule has 16 nitrogen and oxygen atoms in total. The van der Waals surface area contributed by atoms with E-state index in [9.17, 15) is 45.0 Å². The Balaban J connectivity index is 7.33. The molecule has 97 heavy (non-hydrogen) atoms. The molecule has 0 saturated carbocycles. The van der Waals surface area contributed by atoms with Crippen molar-refractivity contribution >= 4 is 26.5 Å². The van der Waals surface area contributed by atoms with Crippen molar-refractivity contribution < 1.29 is 62.8 Å². The molecule has 0 rings (SSSR count). The number of amides is 3. The molecule has 0 saturated heterocycles. The third kappa shape index (κ3) is 52.8. The standard InChI is InChI=1S/C80H162N4O12Si/c1-7-12-17-22-27-32-34-36-41-46-51-56-62-84(6,63-57-52-47-42-37-35-33-28-23-18-13-8-2)64-58-65-97(94-72-78(66-85,67-86)81-75(91)59-53-48-43-38-29-24-19-14-9-3,95-73-79(68-87,69-88)82-76(92)60-54-49-44-39-30-25-20-15-10-4)96-74-80(70-89,71-90)83-77(93)61-55-50-45-40-31-26-21-16-11-5/h85-90H,7-74H2,1-6H3,(H2-,81,82,83,91,92,93)/p+1. The Morgan fingerprint density at radius 1 is 0.278 bits per heavy atom. The summed E-state index contributed by atoms with van der Waals surface area (Å²) in [6, 6.07) is 0.135. The zero-order valence-electron chi connectivity index (χ0n) is 64.7. The summed E-state index contributed by atoms with van der Waals surface area (Å²) in [5.41, 5.74) is -5.09. The molecule has 0 aliphatic rings. The second-order valence-electron chi connectivity index (χ2n) is 30.4. The van der Waals surface area contributed by atoms with Gasteiger partial charge < -0.3 is 64.4 Å². The van der Waals surface area contributed by atoms with Gasteiger partial charge in [-0.05, 0) is 44.9 Å². The van der Waals surface area contributed by atoms with E-state index in [1.807, 2.05) is 0 Å². The number of hydrogen-bond donors (Lipinski definition) is 9. The molecule has 0 aromatic rings. The van der Waals surface area contributed by atoms with Gasteiger partial charge in [-0.3, -0.25) is 14.4 Å². The number of aliphatic hydroxyl groups excluding tert-OH is 6. The molecular weight excluding hydrogens is 1240 g/mol. The molecule has 0 heterocycles. The Hall–Kier alpha value is -1.77. The van der Waals surface area contributed by atoms with Crippen LogP contribution in [0.15, 0.2) is 0 Å². The molecule has 17 heteroatoms. The highest BCUT2D eigenvalue weighted by atomic mass is 28.4. The summed E-state index contributed by atoms with van der Waals surface area (Å²) in [4.78, 5) is 41.5. The van der Waals surface area contributed by atoms with Crippen molar-refractivity contribution in [1.82, 2.24) is 16.0 Å². The van der Waals surface area contributed by atoms with Crippen LogP contribution in [0.25, 0.3) is 0 Å². The first-order chi connectivity index (χ1) is 47.2. The van der Waals surface area contributed by atoms with Gasteiger partial charge in [0, 0.05) is 31.7 Å². The lowest BCUT2D eigenvalue weighted by atomic mass is 10.0. The molecule has 0 aromatic carbocycles. The van der Waals surface area contributed by atoms with Gasteiger partial charge in [0.05, 0.1) is 86.1 Å². The summed E-state index contributed by atoms with van der Waals surface area (Å²) < 4.78 is 21.8. The summed E-state index contributed by atoms with van der Waals surface area (Å²) in [7, 11) is -2.06. The maximum atomic E-state index is 13.8. The average molecular weight is 1400 g/mol. The molecular formula is C80H163N4O12Si+. The smallest absolute Gasteiger partial charge is 0.394 e. The van der Waals surface area contributed by atoms with Gasteiger partial charge in [0.25, 0.3) is 0 Å². The number of aliphatic hydroxyl groups is 6. The van der Waals surface area contributed by atoms with E-state index in [2.05, 4.69) is 57.6 Å². The molecule has 0 fully saturated rings. The van der Waals surface area contributed by atoms with E-state index < -0.39 is 84.9 Å². The van der Waals surface area contributed by atoms with Crippen molar-refractivity contribution in [1.29, 1.82) is 0 Å². The predicted molar refractivity (Wildman–Crippen MR) is 407 cm³/mol. The highest BCUT2D eigenvalue weighted by Crippen LogP contribution is 2.28. The van der Waals surface area contributed by atoms with Crippen LogP contribution in [-0.2, 0) is 27.7 Å². The SMILES string of the molecule is CCCCCCCCCCCCCC[N+](C)(CCCCCCCCCCCCCC)CCC[Si](OCC(CO)(CO)NC(=O)CCCCCCCCCCC)(OCC(CO)(CO)NC(=O)CCCCCCCCCCC)OCC(CO)(CO)NC(=O)CCCCCCCCCCC. The molecule has 0 aromatic heterocycles. The summed E-state index contributed by atoms with van der Waals surface area (Å²) in [6.07, 6.45) is 60.5. The van der Waals surface area contributed by atoms with E-state index in [1.165, 1.54) is 225 Å². The van der Waals surface area contributed by atoms with Crippen molar-refractivity contribution in [2.45, 2.75) is 410 Å². The quantitative estimate of drug-likeness (QED) is 0.0157. The van der Waals surface area contributed by atoms with Crippen LogP contribution in [0.5, 0.6) is 0 Å². The number of carbonyl (C=O) groups is 3. The van der Waals surface area contributed by atoms with Gasteiger partial charge in [0.15, 0.2) is 0 Å². The second-order valence-corrected chi connectivity index (χ2v) is 33.1. The first-order valence-electron chi connectivity index (χ1n) is 41.5. The molecule has 3 amide bonds. The molecule has 0 radical (unpaired) electrons. The fourth-order valence-electron chi connectivity index (χ4n) is 13.4. The second kappa shape index (κ2) is 66.2. The Morgan fingerprint density at radius 3 is 0.649 bits per heavy atom. The lowest BCUT2D eigenvalue weighted by Gasteiger charge is -2.41. The van der Waals surface area contributed by atoms with Crippen molar-refractivity contribution in [2.24, 2.45) is 0 Å². The molecule has 9 N–H and O–H groups in total. The highest BCUT2D eigenvalue weighted by molar-refractivity contribution is 6.60. The number of rotatable bonds is 78. The van der Waals surface area contributed by atoms with Gasteiger partial charge in [0.2, 0.25) is 17.7 Å². The first kappa shape index (κ1) is 95.2. The van der Waals surface area contributed by atoms with E-state index in [-0.39, 0.29) is 43.0 Å². The molecule has 0 spiro atoms. The lowest BCUT2D eigenvalue weighted by molar-refractivity contribution is -0.910. The number of hydrogen-bond acceptors (Lipinski definition) is 12. The van der Waals surface area contributed by atoms with Crippen LogP contribution < -0.4 is 16.0 Å². The van der Waals surface area contributed by atoms with Crippen LogP contribution in [0.3, 0.4) is 0 Å². The van der Waals surface area contributed by atoms with Gasteiger partial charge in [-0.25, -0.2) is 0 Å². The number of nitrogens with zero attached hydrogens (tertiary/aromatic N) is 1. The summed E-state index contributed by atoms with van der Waals surface area (Å²) in [5.74, 6) is -1.05. The van der Waals surface area contributed by atoms with Crippen molar-refractivity contribution in [2.75, 3.05) is 86.1 Å². The third-order valence-corrected chi connectivity index (χ3v) is 23.3. The topological polar surface area (TPSA) is 236 Å². The van der Waals surface area contributed by atoms with Crippen LogP contribution in [0.1, 0.15) is 388 Å². The highest BCUT2D eigenvalue weighted by Gasteiger charge is 2.49. The number of unbranched alkanes of at least 4 members (excludes halogenated alkanes) is 46. The van der Waals surface area contributed by atoms with Crippen LogP contribution in [-0.4, -0.2) is 164 Å². The molecule has 0 unspecified atom stereocenters. The Kier molecular flexibility index (Phi) is 65.0. The third-order valence-electron chi connectivity index (χ3n) is 20.5. The maximum Gasteiger partial charge on any atom is 0.501 e. The molecule has 578 valence electrons. The van der Waals surface area contributed by atoms with Crippen molar-refractivity contribution in [3.05, 3.63) is 0 Å². The lowest BCUT2D eigenvalue weighted by Crippen LogP contribution is -2.65. The van der Waals surface area contributed by atoms with E-state index in [1.54, 1.807) is 0 Å². The Morgan fingerprint density at radius 2 is 0.454 bits per heavy atom. The largest absolute Gasteiger partial charge is 0.501 e. The summed E-state index contributed by atoms with van der Waals surface area (Å²) in [5, 5.41) is 76.0. The van der Waals surface area contributed by atoms with Crippen molar-refractivity contribution in [3.8, 4) is 0 Å². The molecule has 0 aliphatic heterocycles. The van der Waals surface area contributed by atoms with Crippen LogP contribution in [0.2, 0.25) is 6.04 Å². The first-order valence-corrected chi connectivity index (χ1v) is 43.4. The van der Waals surface area contributed by atoms with E-state index in [4.69, 9.17) is 13.3 Å². The molecule has 0 aliphatic carbocycles. The van der Waals surface area contributed by atoms with Gasteiger partial charge in [-0.1, -0.05) is 317 Å². The number of carbonyl (C=O) groups excluding carboxylic acids is 3. The maximum absolute atomic E-state index is 13.8. The molecule has 0 atom stereocenters. The number of nitrogens with one attached hydrogen (secondary N) is 3. The minimum atomic E-state index is -4.40. The summed E-state index contributed by atoms with van der Waals surface area (Å²) in [6.45, 7) is 8.28. The monoisotopic (exact) mass is 1400 g/mol. The fraction of sp³-hybridized carbons (Fsp3) is 0.963. The Labute approximate surface area is 599 Å². The molecule has 0 bridgehead atoms. The number of quaternary nitrogens is 1. The minimum absolute atomic E-state index is 0.135. The Bertz CT molecular complexity index is 1580. The average Bonchev–Trinajstić information content (AvgIpc) is 0.875. The fourth-order valence-corrected chi connectivity index (χ4v) is 16.2. The summed E-state index contributed by atoms with van der Waals surface area (Å²) >= 11 is 0. The van der Waals surface area contributed by atoms with Gasteiger partial charge >= 0.3 is 8.80 Å². The predicted octanol–water partition coefficient (Wildman–Crippen LogP) is 17.5. The van der Waals surface area contributed by atoms with E-state index >= 15 is 0 Å². The van der Waals surface area contributed by atoms with Crippen LogP contribution >= 0.6 is 0 Å².